The number of carbonyl (C=O) groups is 1. The Morgan fingerprint density at radius 3 is 1.34 bits per heavy atom. The summed E-state index contributed by atoms with van der Waals surface area (Å²) in [6.07, 6.45) is 57.2. The van der Waals surface area contributed by atoms with Gasteiger partial charge < -0.3 is 40.3 Å². The lowest BCUT2D eigenvalue weighted by molar-refractivity contribution is -0.302. The molecule has 0 aromatic heterocycles. The van der Waals surface area contributed by atoms with Crippen molar-refractivity contribution in [2.45, 2.75) is 288 Å². The zero-order valence-corrected chi connectivity index (χ0v) is 43.1. The van der Waals surface area contributed by atoms with Crippen LogP contribution in [-0.4, -0.2) is 87.5 Å². The van der Waals surface area contributed by atoms with Crippen LogP contribution in [0.4, 0.5) is 0 Å². The topological polar surface area (TPSA) is 149 Å². The Bertz CT molecular complexity index is 1230. The highest BCUT2D eigenvalue weighted by molar-refractivity contribution is 5.76. The zero-order chi connectivity index (χ0) is 48.7. The number of nitrogens with one attached hydrogen (secondary N) is 1. The van der Waals surface area contributed by atoms with Crippen LogP contribution in [0.2, 0.25) is 0 Å². The number of hydrogen-bond acceptors (Lipinski definition) is 8. The average Bonchev–Trinajstić information content (AvgIpc) is 3.33. The molecule has 7 atom stereocenters. The number of amides is 1. The van der Waals surface area contributed by atoms with Crippen molar-refractivity contribution in [1.29, 1.82) is 0 Å². The van der Waals surface area contributed by atoms with E-state index in [9.17, 15) is 30.3 Å². The van der Waals surface area contributed by atoms with Gasteiger partial charge in [-0.15, -0.1) is 0 Å². The second-order valence-corrected chi connectivity index (χ2v) is 19.4. The summed E-state index contributed by atoms with van der Waals surface area (Å²) in [5, 5.41) is 54.4. The maximum absolute atomic E-state index is 13.0. The predicted octanol–water partition coefficient (Wildman–Crippen LogP) is 13.5. The van der Waals surface area contributed by atoms with Gasteiger partial charge in [0.1, 0.15) is 24.4 Å². The average molecular weight is 944 g/mol. The quantitative estimate of drug-likeness (QED) is 0.0261. The fourth-order valence-electron chi connectivity index (χ4n) is 8.57. The summed E-state index contributed by atoms with van der Waals surface area (Å²) in [4.78, 5) is 13.0. The second-order valence-electron chi connectivity index (χ2n) is 19.4. The van der Waals surface area contributed by atoms with Crippen molar-refractivity contribution in [3.05, 3.63) is 60.8 Å². The first-order chi connectivity index (χ1) is 32.8. The van der Waals surface area contributed by atoms with Gasteiger partial charge >= 0.3 is 0 Å². The SMILES string of the molecule is CCCCCCC/C=C\C/C=C\CCCCCCCCCCCCCCCCCCCC(=O)NC(COC1OC(CO)C(O)C(O)C1O)C(O)/C=C/CC/C=C/CC/C=C/CCCCCCC. The van der Waals surface area contributed by atoms with Crippen LogP contribution in [0.25, 0.3) is 0 Å². The minimum Gasteiger partial charge on any atom is -0.394 e. The van der Waals surface area contributed by atoms with Crippen LogP contribution in [0.5, 0.6) is 0 Å². The van der Waals surface area contributed by atoms with Crippen molar-refractivity contribution >= 4 is 5.91 Å². The number of ether oxygens (including phenoxy) is 2. The summed E-state index contributed by atoms with van der Waals surface area (Å²) < 4.78 is 11.2. The smallest absolute Gasteiger partial charge is 0.220 e. The van der Waals surface area contributed by atoms with Crippen molar-refractivity contribution in [1.82, 2.24) is 5.32 Å². The van der Waals surface area contributed by atoms with E-state index in [0.717, 1.165) is 57.8 Å². The van der Waals surface area contributed by atoms with E-state index in [2.05, 4.69) is 67.8 Å². The van der Waals surface area contributed by atoms with Gasteiger partial charge in [-0.2, -0.15) is 0 Å². The first-order valence-corrected chi connectivity index (χ1v) is 28.0. The van der Waals surface area contributed by atoms with Gasteiger partial charge in [0.2, 0.25) is 5.91 Å². The van der Waals surface area contributed by atoms with E-state index in [1.165, 1.54) is 167 Å². The lowest BCUT2D eigenvalue weighted by Crippen LogP contribution is -2.60. The summed E-state index contributed by atoms with van der Waals surface area (Å²) in [5.74, 6) is -0.191. The fourth-order valence-corrected chi connectivity index (χ4v) is 8.57. The molecule has 1 saturated heterocycles. The molecule has 0 aromatic rings. The van der Waals surface area contributed by atoms with E-state index < -0.39 is 49.5 Å². The molecule has 6 N–H and O–H groups in total. The molecule has 0 aromatic carbocycles. The van der Waals surface area contributed by atoms with E-state index in [0.29, 0.717) is 6.42 Å². The first-order valence-electron chi connectivity index (χ1n) is 28.0. The highest BCUT2D eigenvalue weighted by Crippen LogP contribution is 2.23. The molecule has 1 heterocycles. The Labute approximate surface area is 411 Å². The number of allylic oxidation sites excluding steroid dienone is 9. The van der Waals surface area contributed by atoms with Crippen LogP contribution >= 0.6 is 0 Å². The van der Waals surface area contributed by atoms with E-state index in [-0.39, 0.29) is 12.5 Å². The van der Waals surface area contributed by atoms with Crippen molar-refractivity contribution in [3.63, 3.8) is 0 Å². The van der Waals surface area contributed by atoms with Crippen LogP contribution in [0.15, 0.2) is 60.8 Å². The van der Waals surface area contributed by atoms with E-state index in [1.807, 2.05) is 6.08 Å². The van der Waals surface area contributed by atoms with Gasteiger partial charge in [0.15, 0.2) is 6.29 Å². The van der Waals surface area contributed by atoms with E-state index >= 15 is 0 Å². The standard InChI is InChI=1S/C58H105NO8/c1-3-5-7-9-11-13-15-17-19-20-21-22-23-24-25-26-27-28-29-30-31-32-34-36-38-40-42-44-46-48-54(62)59-51(50-66-58-57(65)56(64)55(63)53(49-60)67-58)52(61)47-45-43-41-39-37-35-33-18-16-14-12-10-8-6-4-2/h15-18,20-21,37,39,45,47,51-53,55-58,60-61,63-65H,3-14,19,22-36,38,40-44,46,48-50H2,1-2H3,(H,59,62)/b17-15-,18-16+,21-20-,39-37+,47-45+. The van der Waals surface area contributed by atoms with Crippen molar-refractivity contribution in [2.75, 3.05) is 13.2 Å². The molecule has 67 heavy (non-hydrogen) atoms. The fraction of sp³-hybridized carbons (Fsp3) is 0.810. The lowest BCUT2D eigenvalue weighted by atomic mass is 9.99. The third kappa shape index (κ3) is 37.4. The Morgan fingerprint density at radius 2 is 0.896 bits per heavy atom. The van der Waals surface area contributed by atoms with Crippen LogP contribution < -0.4 is 5.32 Å². The molecule has 9 nitrogen and oxygen atoms in total. The number of aliphatic hydroxyl groups is 5. The molecule has 1 aliphatic rings. The highest BCUT2D eigenvalue weighted by atomic mass is 16.7. The Kier molecular flexibility index (Phi) is 44.7. The lowest BCUT2D eigenvalue weighted by Gasteiger charge is -2.40. The summed E-state index contributed by atoms with van der Waals surface area (Å²) >= 11 is 0. The number of carbonyl (C=O) groups excluding carboxylic acids is 1. The molecule has 0 bridgehead atoms. The third-order valence-corrected chi connectivity index (χ3v) is 13.0. The molecule has 390 valence electrons. The molecule has 0 spiro atoms. The molecular weight excluding hydrogens is 839 g/mol. The molecular formula is C58H105NO8. The van der Waals surface area contributed by atoms with Crippen molar-refractivity contribution in [2.24, 2.45) is 0 Å². The Morgan fingerprint density at radius 1 is 0.507 bits per heavy atom. The van der Waals surface area contributed by atoms with Gasteiger partial charge in [-0.25, -0.2) is 0 Å². The Balaban J connectivity index is 2.20. The molecule has 1 rings (SSSR count). The van der Waals surface area contributed by atoms with Gasteiger partial charge in [-0.3, -0.25) is 4.79 Å². The summed E-state index contributed by atoms with van der Waals surface area (Å²) in [6.45, 7) is 3.74. The van der Waals surface area contributed by atoms with Gasteiger partial charge in [-0.05, 0) is 77.0 Å². The van der Waals surface area contributed by atoms with Crippen LogP contribution in [0, 0.1) is 0 Å². The highest BCUT2D eigenvalue weighted by Gasteiger charge is 2.44. The molecule has 0 saturated carbocycles. The van der Waals surface area contributed by atoms with Crippen molar-refractivity contribution < 1.29 is 39.8 Å². The molecule has 1 aliphatic heterocycles. The molecule has 1 amide bonds. The summed E-state index contributed by atoms with van der Waals surface area (Å²) in [7, 11) is 0. The third-order valence-electron chi connectivity index (χ3n) is 13.0. The molecule has 7 unspecified atom stereocenters. The summed E-state index contributed by atoms with van der Waals surface area (Å²) in [5.41, 5.74) is 0. The minimum atomic E-state index is -1.58. The predicted molar refractivity (Wildman–Crippen MR) is 281 cm³/mol. The minimum absolute atomic E-state index is 0.191. The molecule has 0 aliphatic carbocycles. The molecule has 1 fully saturated rings. The first kappa shape index (κ1) is 62.9. The second kappa shape index (κ2) is 47.6. The maximum Gasteiger partial charge on any atom is 0.220 e. The van der Waals surface area contributed by atoms with E-state index in [4.69, 9.17) is 9.47 Å². The van der Waals surface area contributed by atoms with Gasteiger partial charge in [0, 0.05) is 6.42 Å². The number of unbranched alkanes of at least 4 members (excludes halogenated alkanes) is 29. The van der Waals surface area contributed by atoms with Crippen molar-refractivity contribution in [3.8, 4) is 0 Å². The number of hydrogen-bond donors (Lipinski definition) is 6. The normalized spacial score (nSPS) is 20.1. The van der Waals surface area contributed by atoms with Crippen LogP contribution in [0.1, 0.15) is 245 Å². The largest absolute Gasteiger partial charge is 0.394 e. The molecule has 9 heteroatoms. The van der Waals surface area contributed by atoms with E-state index in [1.54, 1.807) is 6.08 Å². The van der Waals surface area contributed by atoms with Crippen LogP contribution in [-0.2, 0) is 14.3 Å². The zero-order valence-electron chi connectivity index (χ0n) is 43.1. The van der Waals surface area contributed by atoms with Gasteiger partial charge in [-0.1, -0.05) is 222 Å². The molecule has 0 radical (unpaired) electrons. The van der Waals surface area contributed by atoms with Gasteiger partial charge in [0.05, 0.1) is 25.4 Å². The maximum atomic E-state index is 13.0. The Hall–Kier alpha value is -2.11. The number of rotatable bonds is 47. The van der Waals surface area contributed by atoms with Gasteiger partial charge in [0.25, 0.3) is 0 Å². The monoisotopic (exact) mass is 944 g/mol. The van der Waals surface area contributed by atoms with Crippen LogP contribution in [0.3, 0.4) is 0 Å². The summed E-state index contributed by atoms with van der Waals surface area (Å²) in [6, 6.07) is -0.828. The number of aliphatic hydroxyl groups excluding tert-OH is 5.